The molecule has 0 radical (unpaired) electrons. The molecule has 1 aliphatic rings. The highest BCUT2D eigenvalue weighted by Crippen LogP contribution is 2.38. The van der Waals surface area contributed by atoms with Gasteiger partial charge in [0.05, 0.1) is 0 Å². The average Bonchev–Trinajstić information content (AvgIpc) is 2.80. The number of rotatable bonds is 11. The van der Waals surface area contributed by atoms with E-state index in [0.29, 0.717) is 23.5 Å². The van der Waals surface area contributed by atoms with Crippen LogP contribution in [0, 0.1) is 17.6 Å². The Morgan fingerprint density at radius 2 is 1.39 bits per heavy atom. The van der Waals surface area contributed by atoms with Crippen molar-refractivity contribution in [2.75, 3.05) is 0 Å². The molecule has 0 atom stereocenters. The van der Waals surface area contributed by atoms with Gasteiger partial charge in [0.2, 0.25) is 0 Å². The molecule has 2 aromatic carbocycles. The molecule has 0 aliphatic heterocycles. The lowest BCUT2D eigenvalue weighted by Gasteiger charge is -2.29. The lowest BCUT2D eigenvalue weighted by Crippen LogP contribution is -2.13. The molecule has 31 heavy (non-hydrogen) atoms. The molecule has 0 nitrogen and oxygen atoms in total. The summed E-state index contributed by atoms with van der Waals surface area (Å²) >= 11 is 0. The number of hydrogen-bond acceptors (Lipinski definition) is 0. The third-order valence-electron chi connectivity index (χ3n) is 7.22. The molecule has 0 N–H and O–H groups in total. The first-order valence-electron chi connectivity index (χ1n) is 12.7. The van der Waals surface area contributed by atoms with Gasteiger partial charge in [-0.2, -0.15) is 0 Å². The van der Waals surface area contributed by atoms with E-state index in [9.17, 15) is 8.78 Å². The van der Waals surface area contributed by atoms with E-state index in [4.69, 9.17) is 0 Å². The number of unbranched alkanes of at least 4 members (excludes halogenated alkanes) is 5. The van der Waals surface area contributed by atoms with Crippen LogP contribution in [0.2, 0.25) is 0 Å². The van der Waals surface area contributed by atoms with Crippen LogP contribution in [0.3, 0.4) is 0 Å². The van der Waals surface area contributed by atoms with Gasteiger partial charge < -0.3 is 0 Å². The maximum absolute atomic E-state index is 14.8. The fourth-order valence-electron chi connectivity index (χ4n) is 5.15. The molecule has 1 fully saturated rings. The zero-order chi connectivity index (χ0) is 22.1. The Balaban J connectivity index is 1.59. The normalized spacial score (nSPS) is 19.0. The second kappa shape index (κ2) is 12.4. The van der Waals surface area contributed by atoms with E-state index in [1.54, 1.807) is 12.1 Å². The fourth-order valence-corrected chi connectivity index (χ4v) is 5.15. The Bertz CT molecular complexity index is 785. The molecule has 0 aromatic heterocycles. The molecule has 0 amide bonds. The van der Waals surface area contributed by atoms with Crippen LogP contribution in [0.15, 0.2) is 36.4 Å². The number of halogens is 2. The first-order valence-corrected chi connectivity index (χ1v) is 12.7. The predicted molar refractivity (Wildman–Crippen MR) is 128 cm³/mol. The summed E-state index contributed by atoms with van der Waals surface area (Å²) in [5, 5.41) is 0. The van der Waals surface area contributed by atoms with E-state index in [1.165, 1.54) is 56.9 Å². The lowest BCUT2D eigenvalue weighted by molar-refractivity contribution is 0.303. The second-order valence-corrected chi connectivity index (χ2v) is 9.55. The highest BCUT2D eigenvalue weighted by molar-refractivity contribution is 5.65. The summed E-state index contributed by atoms with van der Waals surface area (Å²) < 4.78 is 29.4. The second-order valence-electron chi connectivity index (χ2n) is 9.55. The molecule has 0 saturated heterocycles. The number of aryl methyl sites for hydroxylation is 1. The first kappa shape index (κ1) is 24.0. The van der Waals surface area contributed by atoms with Crippen LogP contribution in [0.1, 0.15) is 108 Å². The van der Waals surface area contributed by atoms with Crippen LogP contribution in [0.25, 0.3) is 11.1 Å². The topological polar surface area (TPSA) is 0 Å². The van der Waals surface area contributed by atoms with Crippen LogP contribution in [-0.4, -0.2) is 0 Å². The molecular formula is C29H40F2. The van der Waals surface area contributed by atoms with Gasteiger partial charge in [0, 0.05) is 5.56 Å². The molecule has 0 bridgehead atoms. The van der Waals surface area contributed by atoms with E-state index in [0.717, 1.165) is 37.2 Å². The third kappa shape index (κ3) is 6.64. The Morgan fingerprint density at radius 1 is 0.710 bits per heavy atom. The SMILES string of the molecule is CCCCCCc1ccc(-c2ccc(C3CCC(CCCCC)CC3)cc2)c(F)c1F. The van der Waals surface area contributed by atoms with Crippen molar-refractivity contribution >= 4 is 0 Å². The molecular weight excluding hydrogens is 386 g/mol. The monoisotopic (exact) mass is 426 g/mol. The minimum Gasteiger partial charge on any atom is -0.203 e. The maximum Gasteiger partial charge on any atom is 0.166 e. The predicted octanol–water partition coefficient (Wildman–Crippen LogP) is 9.61. The molecule has 2 heteroatoms. The van der Waals surface area contributed by atoms with Gasteiger partial charge in [0.25, 0.3) is 0 Å². The van der Waals surface area contributed by atoms with Crippen LogP contribution in [0.4, 0.5) is 8.78 Å². The summed E-state index contributed by atoms with van der Waals surface area (Å²) in [6.45, 7) is 4.42. The lowest BCUT2D eigenvalue weighted by atomic mass is 9.77. The zero-order valence-electron chi connectivity index (χ0n) is 19.6. The van der Waals surface area contributed by atoms with Crippen molar-refractivity contribution in [3.05, 3.63) is 59.2 Å². The molecule has 0 spiro atoms. The molecule has 0 unspecified atom stereocenters. The van der Waals surface area contributed by atoms with Gasteiger partial charge in [0.15, 0.2) is 11.6 Å². The van der Waals surface area contributed by atoms with Gasteiger partial charge in [-0.25, -0.2) is 8.78 Å². The van der Waals surface area contributed by atoms with E-state index in [2.05, 4.69) is 26.0 Å². The highest BCUT2D eigenvalue weighted by atomic mass is 19.2. The van der Waals surface area contributed by atoms with Crippen molar-refractivity contribution in [3.8, 4) is 11.1 Å². The number of hydrogen-bond donors (Lipinski definition) is 0. The van der Waals surface area contributed by atoms with E-state index in [-0.39, 0.29) is 0 Å². The van der Waals surface area contributed by atoms with E-state index >= 15 is 0 Å². The third-order valence-corrected chi connectivity index (χ3v) is 7.22. The van der Waals surface area contributed by atoms with Crippen LogP contribution >= 0.6 is 0 Å². The van der Waals surface area contributed by atoms with Crippen LogP contribution in [-0.2, 0) is 6.42 Å². The van der Waals surface area contributed by atoms with Crippen LogP contribution < -0.4 is 0 Å². The molecule has 1 aliphatic carbocycles. The standard InChI is InChI=1S/C29H40F2/c1-3-5-7-9-11-26-20-21-27(29(31)28(26)30)25-18-16-24(17-19-25)23-14-12-22(13-15-23)10-8-6-4-2/h16-23H,3-15H2,1-2H3. The molecule has 1 saturated carbocycles. The maximum atomic E-state index is 14.8. The van der Waals surface area contributed by atoms with Crippen molar-refractivity contribution in [3.63, 3.8) is 0 Å². The van der Waals surface area contributed by atoms with Gasteiger partial charge in [-0.1, -0.05) is 95.2 Å². The Kier molecular flexibility index (Phi) is 9.55. The van der Waals surface area contributed by atoms with E-state index < -0.39 is 11.6 Å². The van der Waals surface area contributed by atoms with Crippen molar-refractivity contribution in [1.82, 2.24) is 0 Å². The molecule has 2 aromatic rings. The quantitative estimate of drug-likeness (QED) is 0.314. The number of benzene rings is 2. The Morgan fingerprint density at radius 3 is 2.06 bits per heavy atom. The summed E-state index contributed by atoms with van der Waals surface area (Å²) in [5.41, 5.74) is 3.00. The minimum absolute atomic E-state index is 0.376. The van der Waals surface area contributed by atoms with E-state index in [1.807, 2.05) is 12.1 Å². The summed E-state index contributed by atoms with van der Waals surface area (Å²) in [5.74, 6) is 0.149. The smallest absolute Gasteiger partial charge is 0.166 e. The average molecular weight is 427 g/mol. The van der Waals surface area contributed by atoms with Crippen molar-refractivity contribution < 1.29 is 8.78 Å². The molecule has 0 heterocycles. The summed E-state index contributed by atoms with van der Waals surface area (Å²) in [4.78, 5) is 0. The van der Waals surface area contributed by atoms with Crippen molar-refractivity contribution in [2.45, 2.75) is 103 Å². The van der Waals surface area contributed by atoms with Gasteiger partial charge in [-0.05, 0) is 67.1 Å². The summed E-state index contributed by atoms with van der Waals surface area (Å²) in [7, 11) is 0. The van der Waals surface area contributed by atoms with Crippen molar-refractivity contribution in [1.29, 1.82) is 0 Å². The van der Waals surface area contributed by atoms with Crippen molar-refractivity contribution in [2.24, 2.45) is 5.92 Å². The fraction of sp³-hybridized carbons (Fsp3) is 0.586. The molecule has 3 rings (SSSR count). The minimum atomic E-state index is -0.701. The summed E-state index contributed by atoms with van der Waals surface area (Å²) in [6, 6.07) is 11.7. The first-order chi connectivity index (χ1) is 15.1. The van der Waals surface area contributed by atoms with Crippen LogP contribution in [0.5, 0.6) is 0 Å². The van der Waals surface area contributed by atoms with Gasteiger partial charge in [0.1, 0.15) is 0 Å². The Hall–Kier alpha value is -1.70. The largest absolute Gasteiger partial charge is 0.203 e. The van der Waals surface area contributed by atoms with Gasteiger partial charge in [-0.15, -0.1) is 0 Å². The van der Waals surface area contributed by atoms with Gasteiger partial charge >= 0.3 is 0 Å². The highest BCUT2D eigenvalue weighted by Gasteiger charge is 2.22. The summed E-state index contributed by atoms with van der Waals surface area (Å²) in [6.07, 6.45) is 15.5. The zero-order valence-corrected chi connectivity index (χ0v) is 19.6. The van der Waals surface area contributed by atoms with Gasteiger partial charge in [-0.3, -0.25) is 0 Å². The Labute approximate surface area is 188 Å². The molecule has 170 valence electrons.